The lowest BCUT2D eigenvalue weighted by Gasteiger charge is -2.32. The largest absolute Gasteiger partial charge is 0.365 e. The molecule has 4 aromatic rings. The van der Waals surface area contributed by atoms with Gasteiger partial charge in [-0.15, -0.1) is 0 Å². The van der Waals surface area contributed by atoms with Crippen LogP contribution >= 0.6 is 0 Å². The second-order valence-corrected chi connectivity index (χ2v) is 13.9. The molecule has 4 heterocycles. The number of amides is 4. The minimum absolute atomic E-state index is 0.0648. The van der Waals surface area contributed by atoms with Gasteiger partial charge in [-0.25, -0.2) is 0 Å². The number of anilines is 2. The third-order valence-corrected chi connectivity index (χ3v) is 10.9. The molecule has 0 bridgehead atoms. The molecule has 53 heavy (non-hydrogen) atoms. The summed E-state index contributed by atoms with van der Waals surface area (Å²) >= 11 is 0. The van der Waals surface area contributed by atoms with Crippen LogP contribution in [0.25, 0.3) is 21.5 Å². The zero-order valence-corrected chi connectivity index (χ0v) is 29.0. The van der Waals surface area contributed by atoms with E-state index in [1.807, 2.05) is 9.80 Å². The van der Waals surface area contributed by atoms with Crippen molar-refractivity contribution < 1.29 is 29.0 Å². The molecular formula is C38H37N7O8. The molecule has 2 fully saturated rings. The molecule has 0 unspecified atom stereocenters. The molecule has 0 aliphatic carbocycles. The second kappa shape index (κ2) is 13.5. The van der Waals surface area contributed by atoms with Crippen LogP contribution in [0.1, 0.15) is 80.0 Å². The lowest BCUT2D eigenvalue weighted by atomic mass is 9.91. The van der Waals surface area contributed by atoms with Gasteiger partial charge in [0.15, 0.2) is 0 Å². The summed E-state index contributed by atoms with van der Waals surface area (Å²) in [6, 6.07) is 12.6. The fraction of sp³-hybridized carbons (Fsp3) is 0.368. The highest BCUT2D eigenvalue weighted by Crippen LogP contribution is 2.44. The fourth-order valence-electron chi connectivity index (χ4n) is 8.46. The van der Waals surface area contributed by atoms with Crippen molar-refractivity contribution in [3.63, 3.8) is 0 Å². The van der Waals surface area contributed by atoms with Crippen LogP contribution in [-0.4, -0.2) is 95.6 Å². The molecule has 0 saturated carbocycles. The Labute approximate surface area is 303 Å². The van der Waals surface area contributed by atoms with Crippen LogP contribution in [-0.2, 0) is 0 Å². The van der Waals surface area contributed by atoms with E-state index in [2.05, 4.69) is 5.32 Å². The molecule has 2 saturated heterocycles. The van der Waals surface area contributed by atoms with Gasteiger partial charge in [0.25, 0.3) is 35.0 Å². The van der Waals surface area contributed by atoms with Crippen LogP contribution < -0.4 is 15.1 Å². The summed E-state index contributed by atoms with van der Waals surface area (Å²) in [6.45, 7) is 2.69. The van der Waals surface area contributed by atoms with Crippen LogP contribution in [0.3, 0.4) is 0 Å². The van der Waals surface area contributed by atoms with Crippen molar-refractivity contribution in [3.05, 3.63) is 91.0 Å². The van der Waals surface area contributed by atoms with Crippen LogP contribution in [0.4, 0.5) is 22.7 Å². The van der Waals surface area contributed by atoms with Gasteiger partial charge in [0.1, 0.15) is 11.4 Å². The Kier molecular flexibility index (Phi) is 8.73. The molecule has 15 nitrogen and oxygen atoms in total. The first-order valence-corrected chi connectivity index (χ1v) is 18.1. The third-order valence-electron chi connectivity index (χ3n) is 10.9. The molecule has 0 aromatic heterocycles. The first-order chi connectivity index (χ1) is 25.7. The topological polar surface area (TPSA) is 180 Å². The highest BCUT2D eigenvalue weighted by Gasteiger charge is 2.39. The number of hydrogen-bond acceptors (Lipinski definition) is 11. The van der Waals surface area contributed by atoms with Crippen molar-refractivity contribution in [2.75, 3.05) is 62.2 Å². The molecule has 4 amide bonds. The molecule has 272 valence electrons. The molecule has 15 heteroatoms. The highest BCUT2D eigenvalue weighted by atomic mass is 16.6. The van der Waals surface area contributed by atoms with Gasteiger partial charge >= 0.3 is 0 Å². The Balaban J connectivity index is 0.990. The first kappa shape index (κ1) is 34.1. The zero-order chi connectivity index (χ0) is 37.0. The number of nitro groups is 2. The van der Waals surface area contributed by atoms with E-state index in [1.54, 1.807) is 36.4 Å². The number of hydrogen-bond donors (Lipinski definition) is 1. The second-order valence-electron chi connectivity index (χ2n) is 13.9. The lowest BCUT2D eigenvalue weighted by molar-refractivity contribution is -0.384. The smallest absolute Gasteiger partial charge is 0.293 e. The number of carbonyl (C=O) groups excluding carboxylic acids is 4. The molecule has 0 atom stereocenters. The van der Waals surface area contributed by atoms with E-state index >= 15 is 0 Å². The van der Waals surface area contributed by atoms with E-state index in [0.717, 1.165) is 48.3 Å². The third kappa shape index (κ3) is 5.62. The summed E-state index contributed by atoms with van der Waals surface area (Å²) in [6.07, 6.45) is 5.64. The number of benzene rings is 4. The Morgan fingerprint density at radius 2 is 0.925 bits per heavy atom. The van der Waals surface area contributed by atoms with Crippen molar-refractivity contribution in [1.82, 2.24) is 15.1 Å². The summed E-state index contributed by atoms with van der Waals surface area (Å²) in [5.41, 5.74) is 1.30. The molecular weight excluding hydrogens is 682 g/mol. The van der Waals surface area contributed by atoms with Crippen molar-refractivity contribution in [1.29, 1.82) is 0 Å². The lowest BCUT2D eigenvalue weighted by Crippen LogP contribution is -2.46. The highest BCUT2D eigenvalue weighted by molar-refractivity contribution is 6.29. The normalized spacial score (nSPS) is 17.4. The summed E-state index contributed by atoms with van der Waals surface area (Å²) in [5, 5.41) is 29.5. The minimum Gasteiger partial charge on any atom is -0.365 e. The Hall–Kier alpha value is -5.96. The average Bonchev–Trinajstić information content (AvgIpc) is 3.17. The van der Waals surface area contributed by atoms with Crippen molar-refractivity contribution in [2.24, 2.45) is 0 Å². The Morgan fingerprint density at radius 3 is 1.30 bits per heavy atom. The monoisotopic (exact) mass is 719 g/mol. The van der Waals surface area contributed by atoms with Crippen LogP contribution in [0.15, 0.2) is 48.5 Å². The molecule has 0 radical (unpaired) electrons. The number of imide groups is 2. The number of nitrogens with zero attached hydrogens (tertiary/aromatic N) is 6. The van der Waals surface area contributed by atoms with E-state index in [9.17, 15) is 39.4 Å². The van der Waals surface area contributed by atoms with Crippen LogP contribution in [0.5, 0.6) is 0 Å². The molecule has 4 aromatic carbocycles. The van der Waals surface area contributed by atoms with Crippen molar-refractivity contribution >= 4 is 67.9 Å². The fourth-order valence-corrected chi connectivity index (χ4v) is 8.46. The van der Waals surface area contributed by atoms with Gasteiger partial charge in [-0.3, -0.25) is 49.2 Å². The number of carbonyl (C=O) groups is 4. The Bertz CT molecular complexity index is 2100. The van der Waals surface area contributed by atoms with E-state index in [0.29, 0.717) is 70.2 Å². The average molecular weight is 720 g/mol. The van der Waals surface area contributed by atoms with Crippen molar-refractivity contribution in [2.45, 2.75) is 38.5 Å². The Morgan fingerprint density at radius 1 is 0.547 bits per heavy atom. The van der Waals surface area contributed by atoms with Gasteiger partial charge in [-0.05, 0) is 50.7 Å². The predicted octanol–water partition coefficient (Wildman–Crippen LogP) is 5.27. The van der Waals surface area contributed by atoms with Gasteiger partial charge in [0.05, 0.1) is 21.0 Å². The molecule has 4 aliphatic heterocycles. The molecule has 1 N–H and O–H groups in total. The van der Waals surface area contributed by atoms with E-state index < -0.39 is 33.5 Å². The standard InChI is InChI=1S/C38H37N7O8/c46-35-25-11-7-9-23-31(25)27(21-29(44(50)51)33(23)40-15-3-1-4-16-40)37(48)42(35)19-13-39-14-20-43-36(47)26-12-8-10-24-32(26)28(38(43)49)22-30(45(52)53)34(24)41-17-5-2-6-18-41/h7-12,21-22,39H,1-6,13-20H2. The van der Waals surface area contributed by atoms with E-state index in [1.165, 1.54) is 12.1 Å². The van der Waals surface area contributed by atoms with Crippen molar-refractivity contribution in [3.8, 4) is 0 Å². The molecule has 8 rings (SSSR count). The maximum Gasteiger partial charge on any atom is 0.293 e. The maximum atomic E-state index is 13.8. The summed E-state index contributed by atoms with van der Waals surface area (Å²) in [4.78, 5) is 84.7. The van der Waals surface area contributed by atoms with Gasteiger partial charge in [0, 0.05) is 97.2 Å². The minimum atomic E-state index is -0.634. The van der Waals surface area contributed by atoms with Gasteiger partial charge in [-0.2, -0.15) is 0 Å². The molecule has 0 spiro atoms. The zero-order valence-electron chi connectivity index (χ0n) is 29.0. The quantitative estimate of drug-likeness (QED) is 0.0976. The van der Waals surface area contributed by atoms with Gasteiger partial charge < -0.3 is 15.1 Å². The summed E-state index contributed by atoms with van der Waals surface area (Å²) < 4.78 is 0. The SMILES string of the molecule is O=C1c2cccc3c(N4CCCCC4)c([N+](=O)[O-])cc(c23)C(=O)N1CCNCCN1C(=O)c2cccc3c(N4CCCCC4)c([N+](=O)[O-])cc(c23)C1=O. The maximum absolute atomic E-state index is 13.8. The van der Waals surface area contributed by atoms with E-state index in [4.69, 9.17) is 0 Å². The van der Waals surface area contributed by atoms with Crippen LogP contribution in [0, 0.1) is 20.2 Å². The molecule has 4 aliphatic rings. The number of nitrogens with one attached hydrogen (secondary N) is 1. The van der Waals surface area contributed by atoms with Gasteiger partial charge in [-0.1, -0.05) is 24.3 Å². The summed E-state index contributed by atoms with van der Waals surface area (Å²) in [7, 11) is 0. The number of rotatable bonds is 10. The first-order valence-electron chi connectivity index (χ1n) is 18.1. The van der Waals surface area contributed by atoms with E-state index in [-0.39, 0.29) is 48.7 Å². The van der Waals surface area contributed by atoms with Crippen LogP contribution in [0.2, 0.25) is 0 Å². The predicted molar refractivity (Wildman–Crippen MR) is 197 cm³/mol. The summed E-state index contributed by atoms with van der Waals surface area (Å²) in [5.74, 6) is -2.29. The number of piperidine rings is 2. The number of nitro benzene ring substituents is 2. The van der Waals surface area contributed by atoms with Gasteiger partial charge in [0.2, 0.25) is 0 Å².